The largest absolute Gasteiger partial charge is 0.497 e. The summed E-state index contributed by atoms with van der Waals surface area (Å²) in [5.74, 6) is 0.796. The van der Waals surface area contributed by atoms with Crippen molar-refractivity contribution in [2.24, 2.45) is 0 Å². The van der Waals surface area contributed by atoms with Crippen molar-refractivity contribution in [3.8, 4) is 5.75 Å². The van der Waals surface area contributed by atoms with Crippen LogP contribution in [-0.2, 0) is 16.4 Å². The quantitative estimate of drug-likeness (QED) is 0.784. The predicted molar refractivity (Wildman–Crippen MR) is 94.7 cm³/mol. The smallest absolute Gasteiger partial charge is 0.243 e. The fourth-order valence-electron chi connectivity index (χ4n) is 2.85. The second-order valence-electron chi connectivity index (χ2n) is 5.94. The molecule has 126 valence electrons. The van der Waals surface area contributed by atoms with Gasteiger partial charge in [0.05, 0.1) is 12.0 Å². The van der Waals surface area contributed by atoms with E-state index >= 15 is 0 Å². The maximum Gasteiger partial charge on any atom is 0.243 e. The van der Waals surface area contributed by atoms with Crippen LogP contribution in [0.15, 0.2) is 65.6 Å². The van der Waals surface area contributed by atoms with Gasteiger partial charge in [-0.1, -0.05) is 42.0 Å². The second kappa shape index (κ2) is 6.79. The summed E-state index contributed by atoms with van der Waals surface area (Å²) in [4.78, 5) is 0.344. The minimum Gasteiger partial charge on any atom is -0.497 e. The molecule has 24 heavy (non-hydrogen) atoms. The standard InChI is InChI=1S/C19H21NO3S/c1-15-5-11-19(12-6-15)24(21,22)20-13-3-4-17(20)14-16-7-9-18(23-2)10-8-16/h3-12,17H,13-14H2,1-2H3. The molecular formula is C19H21NO3S. The molecule has 0 radical (unpaired) electrons. The van der Waals surface area contributed by atoms with Gasteiger partial charge in [-0.2, -0.15) is 4.31 Å². The van der Waals surface area contributed by atoms with Gasteiger partial charge in [-0.05, 0) is 43.2 Å². The van der Waals surface area contributed by atoms with Crippen molar-refractivity contribution in [2.45, 2.75) is 24.3 Å². The molecule has 5 heteroatoms. The summed E-state index contributed by atoms with van der Waals surface area (Å²) in [6, 6.07) is 14.6. The Morgan fingerprint density at radius 3 is 2.38 bits per heavy atom. The molecule has 2 aromatic rings. The van der Waals surface area contributed by atoms with Gasteiger partial charge >= 0.3 is 0 Å². The molecule has 0 bridgehead atoms. The molecule has 3 rings (SSSR count). The van der Waals surface area contributed by atoms with E-state index in [0.29, 0.717) is 17.9 Å². The molecule has 0 saturated carbocycles. The Balaban J connectivity index is 1.81. The van der Waals surface area contributed by atoms with Crippen molar-refractivity contribution in [2.75, 3.05) is 13.7 Å². The Morgan fingerprint density at radius 2 is 1.75 bits per heavy atom. The average molecular weight is 343 g/mol. The molecule has 1 atom stereocenters. The number of rotatable bonds is 5. The Labute approximate surface area is 143 Å². The highest BCUT2D eigenvalue weighted by atomic mass is 32.2. The van der Waals surface area contributed by atoms with Gasteiger partial charge in [-0.3, -0.25) is 0 Å². The third-order valence-electron chi connectivity index (χ3n) is 4.24. The Morgan fingerprint density at radius 1 is 1.08 bits per heavy atom. The molecule has 1 aliphatic rings. The van der Waals surface area contributed by atoms with Crippen LogP contribution in [0.4, 0.5) is 0 Å². The molecule has 0 fully saturated rings. The van der Waals surface area contributed by atoms with E-state index < -0.39 is 10.0 Å². The van der Waals surface area contributed by atoms with Crippen LogP contribution in [0, 0.1) is 6.92 Å². The normalized spacial score (nSPS) is 18.0. The molecule has 1 unspecified atom stereocenters. The first-order valence-corrected chi connectivity index (χ1v) is 9.33. The molecular weight excluding hydrogens is 322 g/mol. The summed E-state index contributed by atoms with van der Waals surface area (Å²) in [7, 11) is -1.86. The maximum atomic E-state index is 12.9. The van der Waals surface area contributed by atoms with Crippen LogP contribution in [-0.4, -0.2) is 32.4 Å². The Hall–Kier alpha value is -2.11. The van der Waals surface area contributed by atoms with Gasteiger partial charge in [0.2, 0.25) is 10.0 Å². The minimum atomic E-state index is -3.49. The van der Waals surface area contributed by atoms with Gasteiger partial charge in [0, 0.05) is 12.6 Å². The van der Waals surface area contributed by atoms with E-state index in [4.69, 9.17) is 4.74 Å². The van der Waals surface area contributed by atoms with Crippen LogP contribution in [0.1, 0.15) is 11.1 Å². The van der Waals surface area contributed by atoms with Crippen LogP contribution in [0.25, 0.3) is 0 Å². The Kier molecular flexibility index (Phi) is 4.73. The summed E-state index contributed by atoms with van der Waals surface area (Å²) in [5.41, 5.74) is 2.12. The monoisotopic (exact) mass is 343 g/mol. The lowest BCUT2D eigenvalue weighted by Gasteiger charge is -2.24. The van der Waals surface area contributed by atoms with Crippen molar-refractivity contribution in [3.05, 3.63) is 71.8 Å². The molecule has 0 aliphatic carbocycles. The van der Waals surface area contributed by atoms with E-state index in [-0.39, 0.29) is 6.04 Å². The number of benzene rings is 2. The van der Waals surface area contributed by atoms with Gasteiger partial charge in [-0.15, -0.1) is 0 Å². The number of ether oxygens (including phenoxy) is 1. The summed E-state index contributed by atoms with van der Waals surface area (Å²) < 4.78 is 32.5. The Bertz CT molecular complexity index is 824. The van der Waals surface area contributed by atoms with Crippen molar-refractivity contribution in [1.82, 2.24) is 4.31 Å². The number of hydrogen-bond donors (Lipinski definition) is 0. The third-order valence-corrected chi connectivity index (χ3v) is 6.15. The first-order valence-electron chi connectivity index (χ1n) is 7.89. The highest BCUT2D eigenvalue weighted by Crippen LogP contribution is 2.25. The minimum absolute atomic E-state index is 0.162. The zero-order valence-corrected chi connectivity index (χ0v) is 14.7. The lowest BCUT2D eigenvalue weighted by atomic mass is 10.1. The lowest BCUT2D eigenvalue weighted by molar-refractivity contribution is 0.406. The van der Waals surface area contributed by atoms with Gasteiger partial charge in [0.25, 0.3) is 0 Å². The molecule has 1 heterocycles. The maximum absolute atomic E-state index is 12.9. The van der Waals surface area contributed by atoms with E-state index in [1.807, 2.05) is 55.5 Å². The number of aryl methyl sites for hydroxylation is 1. The van der Waals surface area contributed by atoms with Crippen LogP contribution in [0.5, 0.6) is 5.75 Å². The number of sulfonamides is 1. The van der Waals surface area contributed by atoms with Gasteiger partial charge in [-0.25, -0.2) is 8.42 Å². The zero-order chi connectivity index (χ0) is 17.2. The lowest BCUT2D eigenvalue weighted by Crippen LogP contribution is -2.37. The molecule has 4 nitrogen and oxygen atoms in total. The van der Waals surface area contributed by atoms with Crippen molar-refractivity contribution >= 4 is 10.0 Å². The van der Waals surface area contributed by atoms with Gasteiger partial charge in [0.15, 0.2) is 0 Å². The van der Waals surface area contributed by atoms with Crippen LogP contribution in [0.3, 0.4) is 0 Å². The van der Waals surface area contributed by atoms with E-state index in [9.17, 15) is 8.42 Å². The number of nitrogens with zero attached hydrogens (tertiary/aromatic N) is 1. The van der Waals surface area contributed by atoms with Gasteiger partial charge < -0.3 is 4.74 Å². The van der Waals surface area contributed by atoms with Crippen molar-refractivity contribution in [1.29, 1.82) is 0 Å². The van der Waals surface area contributed by atoms with Crippen LogP contribution < -0.4 is 4.74 Å². The average Bonchev–Trinajstić information content (AvgIpc) is 3.05. The van der Waals surface area contributed by atoms with Crippen molar-refractivity contribution < 1.29 is 13.2 Å². The molecule has 0 aromatic heterocycles. The van der Waals surface area contributed by atoms with E-state index in [0.717, 1.165) is 16.9 Å². The summed E-state index contributed by atoms with van der Waals surface area (Å²) in [6.45, 7) is 2.36. The fourth-order valence-corrected chi connectivity index (χ4v) is 4.38. The predicted octanol–water partition coefficient (Wildman–Crippen LogP) is 3.18. The first kappa shape index (κ1) is 16.7. The number of methoxy groups -OCH3 is 1. The van der Waals surface area contributed by atoms with Crippen LogP contribution in [0.2, 0.25) is 0 Å². The topological polar surface area (TPSA) is 46.6 Å². The van der Waals surface area contributed by atoms with Gasteiger partial charge in [0.1, 0.15) is 5.75 Å². The zero-order valence-electron chi connectivity index (χ0n) is 13.8. The number of hydrogen-bond acceptors (Lipinski definition) is 3. The molecule has 2 aromatic carbocycles. The third kappa shape index (κ3) is 3.37. The van der Waals surface area contributed by atoms with Crippen molar-refractivity contribution in [3.63, 3.8) is 0 Å². The molecule has 0 saturated heterocycles. The summed E-state index contributed by atoms with van der Waals surface area (Å²) in [6.07, 6.45) is 4.53. The molecule has 0 spiro atoms. The van der Waals surface area contributed by atoms with E-state index in [1.54, 1.807) is 23.5 Å². The molecule has 1 aliphatic heterocycles. The first-order chi connectivity index (χ1) is 11.5. The second-order valence-corrected chi connectivity index (χ2v) is 7.83. The van der Waals surface area contributed by atoms with E-state index in [1.165, 1.54) is 0 Å². The van der Waals surface area contributed by atoms with E-state index in [2.05, 4.69) is 0 Å². The molecule has 0 amide bonds. The summed E-state index contributed by atoms with van der Waals surface area (Å²) in [5, 5.41) is 0. The highest BCUT2D eigenvalue weighted by molar-refractivity contribution is 7.89. The van der Waals surface area contributed by atoms with Crippen LogP contribution >= 0.6 is 0 Å². The molecule has 0 N–H and O–H groups in total. The highest BCUT2D eigenvalue weighted by Gasteiger charge is 2.32. The summed E-state index contributed by atoms with van der Waals surface area (Å²) >= 11 is 0. The fraction of sp³-hybridized carbons (Fsp3) is 0.263. The SMILES string of the molecule is COc1ccc(CC2C=CCN2S(=O)(=O)c2ccc(C)cc2)cc1.